The van der Waals surface area contributed by atoms with Crippen LogP contribution in [0, 0.1) is 0 Å². The molecule has 0 unspecified atom stereocenters. The van der Waals surface area contributed by atoms with Gasteiger partial charge in [0.2, 0.25) is 0 Å². The molecular weight excluding hydrogens is 312 g/mol. The van der Waals surface area contributed by atoms with E-state index in [9.17, 15) is 14.7 Å². The van der Waals surface area contributed by atoms with Gasteiger partial charge in [0.1, 0.15) is 0 Å². The Hall–Kier alpha value is -2.16. The summed E-state index contributed by atoms with van der Waals surface area (Å²) in [6, 6.07) is 0. The minimum absolute atomic E-state index is 0.0990. The van der Waals surface area contributed by atoms with Crippen molar-refractivity contribution < 1.29 is 14.7 Å². The summed E-state index contributed by atoms with van der Waals surface area (Å²) in [6.07, 6.45) is 26.5. The molecule has 0 N–H and O–H groups in total. The van der Waals surface area contributed by atoms with Gasteiger partial charge < -0.3 is 9.90 Å². The number of unbranched alkanes of at least 4 members (excludes halogenated alkanes) is 3. The summed E-state index contributed by atoms with van der Waals surface area (Å²) in [6.45, 7) is 2.10. The van der Waals surface area contributed by atoms with E-state index >= 15 is 0 Å². The number of ketones is 1. The zero-order valence-electron chi connectivity index (χ0n) is 15.4. The molecule has 25 heavy (non-hydrogen) atoms. The summed E-state index contributed by atoms with van der Waals surface area (Å²) in [7, 11) is 0. The molecule has 0 aromatic rings. The van der Waals surface area contributed by atoms with Crippen LogP contribution >= 0.6 is 0 Å². The first-order valence-electron chi connectivity index (χ1n) is 9.17. The summed E-state index contributed by atoms with van der Waals surface area (Å²) in [5.74, 6) is -0.868. The van der Waals surface area contributed by atoms with E-state index in [2.05, 4.69) is 31.2 Å². The molecule has 0 aliphatic rings. The molecule has 0 rings (SSSR count). The highest BCUT2D eigenvalue weighted by Gasteiger charge is 1.90. The van der Waals surface area contributed by atoms with E-state index in [0.717, 1.165) is 38.5 Å². The van der Waals surface area contributed by atoms with Crippen LogP contribution in [0.1, 0.15) is 64.7 Å². The minimum Gasteiger partial charge on any atom is -0.550 e. The maximum absolute atomic E-state index is 11.6. The van der Waals surface area contributed by atoms with E-state index in [1.807, 2.05) is 24.3 Å². The van der Waals surface area contributed by atoms with Crippen molar-refractivity contribution in [3.8, 4) is 0 Å². The third kappa shape index (κ3) is 19.8. The number of carbonyl (C=O) groups is 2. The molecule has 0 saturated carbocycles. The normalized spacial score (nSPS) is 12.5. The number of carboxylic acid groups (broad SMARTS) is 1. The van der Waals surface area contributed by atoms with Gasteiger partial charge >= 0.3 is 0 Å². The third-order valence-electron chi connectivity index (χ3n) is 3.38. The topological polar surface area (TPSA) is 57.2 Å². The van der Waals surface area contributed by atoms with Crippen LogP contribution in [0.25, 0.3) is 0 Å². The average Bonchev–Trinajstić information content (AvgIpc) is 2.58. The van der Waals surface area contributed by atoms with Gasteiger partial charge in [-0.3, -0.25) is 4.79 Å². The van der Waals surface area contributed by atoms with Crippen molar-refractivity contribution in [2.75, 3.05) is 0 Å². The smallest absolute Gasteiger partial charge is 0.159 e. The Morgan fingerprint density at radius 2 is 1.52 bits per heavy atom. The standard InChI is InChI=1S/C22H32O3/c1-2-3-4-5-9-12-15-18-21(23)19-16-13-10-7-6-8-11-14-17-20-22(24)25/h3-4,6-7,9,12-13,15-16,18H,2,5,8,10-11,14,17,19-20H2,1H3,(H,24,25)/p-1/b4-3-,7-6-,12-9-,16-13-,18-15+. The molecule has 0 amide bonds. The highest BCUT2D eigenvalue weighted by Crippen LogP contribution is 2.03. The second-order valence-corrected chi connectivity index (χ2v) is 5.72. The van der Waals surface area contributed by atoms with E-state index in [1.165, 1.54) is 0 Å². The average molecular weight is 343 g/mol. The number of hydrogen-bond donors (Lipinski definition) is 0. The van der Waals surface area contributed by atoms with Gasteiger partial charge in [-0.1, -0.05) is 68.0 Å². The quantitative estimate of drug-likeness (QED) is 0.189. The lowest BCUT2D eigenvalue weighted by Crippen LogP contribution is -2.21. The number of aliphatic carboxylic acids is 1. The predicted molar refractivity (Wildman–Crippen MR) is 103 cm³/mol. The Morgan fingerprint density at radius 1 is 0.800 bits per heavy atom. The number of hydrogen-bond acceptors (Lipinski definition) is 3. The van der Waals surface area contributed by atoms with Gasteiger partial charge in [0, 0.05) is 12.4 Å². The van der Waals surface area contributed by atoms with Gasteiger partial charge in [0.15, 0.2) is 5.78 Å². The van der Waals surface area contributed by atoms with E-state index in [0.29, 0.717) is 12.8 Å². The molecular formula is C22H31O3-. The Bertz CT molecular complexity index is 493. The fourth-order valence-electron chi connectivity index (χ4n) is 2.03. The highest BCUT2D eigenvalue weighted by molar-refractivity contribution is 5.90. The molecule has 0 bridgehead atoms. The van der Waals surface area contributed by atoms with Crippen molar-refractivity contribution in [3.63, 3.8) is 0 Å². The van der Waals surface area contributed by atoms with Crippen molar-refractivity contribution in [1.29, 1.82) is 0 Å². The van der Waals surface area contributed by atoms with E-state index in [1.54, 1.807) is 12.2 Å². The summed E-state index contributed by atoms with van der Waals surface area (Å²) in [5, 5.41) is 10.2. The van der Waals surface area contributed by atoms with Crippen LogP contribution in [-0.4, -0.2) is 11.8 Å². The minimum atomic E-state index is -0.967. The Morgan fingerprint density at radius 3 is 2.28 bits per heavy atom. The van der Waals surface area contributed by atoms with Gasteiger partial charge in [0.05, 0.1) is 0 Å². The van der Waals surface area contributed by atoms with Crippen LogP contribution in [0.2, 0.25) is 0 Å². The largest absolute Gasteiger partial charge is 0.550 e. The zero-order chi connectivity index (χ0) is 18.6. The Kier molecular flexibility index (Phi) is 16.6. The molecule has 138 valence electrons. The number of carbonyl (C=O) groups excluding carboxylic acids is 2. The Balaban J connectivity index is 3.63. The lowest BCUT2D eigenvalue weighted by Gasteiger charge is -1.99. The molecule has 0 heterocycles. The van der Waals surface area contributed by atoms with Crippen molar-refractivity contribution in [1.82, 2.24) is 0 Å². The summed E-state index contributed by atoms with van der Waals surface area (Å²) in [5.41, 5.74) is 0. The highest BCUT2D eigenvalue weighted by atomic mass is 16.4. The Labute approximate surface area is 152 Å². The maximum atomic E-state index is 11.6. The van der Waals surface area contributed by atoms with Crippen LogP contribution in [0.3, 0.4) is 0 Å². The number of rotatable bonds is 15. The lowest BCUT2D eigenvalue weighted by molar-refractivity contribution is -0.305. The number of carboxylic acids is 1. The third-order valence-corrected chi connectivity index (χ3v) is 3.38. The second kappa shape index (κ2) is 18.2. The summed E-state index contributed by atoms with van der Waals surface area (Å²) >= 11 is 0. The molecule has 0 aromatic heterocycles. The molecule has 3 heteroatoms. The molecule has 0 fully saturated rings. The van der Waals surface area contributed by atoms with E-state index in [-0.39, 0.29) is 12.2 Å². The van der Waals surface area contributed by atoms with Crippen molar-refractivity contribution in [2.24, 2.45) is 0 Å². The maximum Gasteiger partial charge on any atom is 0.159 e. The summed E-state index contributed by atoms with van der Waals surface area (Å²) in [4.78, 5) is 21.8. The van der Waals surface area contributed by atoms with Gasteiger partial charge in [-0.2, -0.15) is 0 Å². The molecule has 3 nitrogen and oxygen atoms in total. The van der Waals surface area contributed by atoms with Crippen molar-refractivity contribution in [3.05, 3.63) is 60.8 Å². The van der Waals surface area contributed by atoms with E-state index in [4.69, 9.17) is 0 Å². The fourth-order valence-corrected chi connectivity index (χ4v) is 2.03. The molecule has 0 radical (unpaired) electrons. The van der Waals surface area contributed by atoms with Crippen molar-refractivity contribution >= 4 is 11.8 Å². The first kappa shape index (κ1) is 22.8. The molecule has 0 spiro atoms. The predicted octanol–water partition coefficient (Wildman–Crippen LogP) is 4.62. The molecule has 0 saturated heterocycles. The first-order valence-corrected chi connectivity index (χ1v) is 9.17. The molecule has 0 aliphatic heterocycles. The van der Waals surface area contributed by atoms with E-state index < -0.39 is 5.97 Å². The van der Waals surface area contributed by atoms with Crippen LogP contribution < -0.4 is 5.11 Å². The molecule has 0 aliphatic carbocycles. The van der Waals surface area contributed by atoms with Gasteiger partial charge in [-0.05, 0) is 51.0 Å². The zero-order valence-corrected chi connectivity index (χ0v) is 15.4. The molecule has 0 atom stereocenters. The van der Waals surface area contributed by atoms with Gasteiger partial charge in [-0.25, -0.2) is 0 Å². The van der Waals surface area contributed by atoms with Crippen LogP contribution in [0.5, 0.6) is 0 Å². The van der Waals surface area contributed by atoms with Crippen molar-refractivity contribution in [2.45, 2.75) is 64.7 Å². The number of allylic oxidation sites excluding steroid dienone is 10. The van der Waals surface area contributed by atoms with Crippen LogP contribution in [0.4, 0.5) is 0 Å². The second-order valence-electron chi connectivity index (χ2n) is 5.72. The van der Waals surface area contributed by atoms with Gasteiger partial charge in [-0.15, -0.1) is 0 Å². The fraction of sp³-hybridized carbons (Fsp3) is 0.455. The van der Waals surface area contributed by atoms with Crippen LogP contribution in [-0.2, 0) is 9.59 Å². The van der Waals surface area contributed by atoms with Crippen LogP contribution in [0.15, 0.2) is 60.8 Å². The monoisotopic (exact) mass is 343 g/mol. The SMILES string of the molecule is CC/C=C\C/C=C\C=C\C(=O)C/C=C\C/C=C\CCCCCC(=O)[O-]. The first-order chi connectivity index (χ1) is 12.2. The summed E-state index contributed by atoms with van der Waals surface area (Å²) < 4.78 is 0. The lowest BCUT2D eigenvalue weighted by atomic mass is 10.1. The van der Waals surface area contributed by atoms with Gasteiger partial charge in [0.25, 0.3) is 0 Å². The molecule has 0 aromatic carbocycles.